The second kappa shape index (κ2) is 7.77. The number of aryl methyl sites for hydroxylation is 3. The van der Waals surface area contributed by atoms with E-state index in [1.165, 1.54) is 27.8 Å². The van der Waals surface area contributed by atoms with Crippen LogP contribution in [0.2, 0.25) is 0 Å². The highest BCUT2D eigenvalue weighted by atomic mass is 32.1. The molecule has 1 aromatic heterocycles. The maximum atomic E-state index is 3.76. The smallest absolute Gasteiger partial charge is 0.0590 e. The zero-order chi connectivity index (χ0) is 15.2. The Morgan fingerprint density at radius 2 is 1.86 bits per heavy atom. The molecule has 0 saturated heterocycles. The molecule has 0 amide bonds. The van der Waals surface area contributed by atoms with Crippen molar-refractivity contribution in [1.29, 1.82) is 0 Å². The number of nitrogens with one attached hydrogen (secondary N) is 1. The third-order valence-corrected chi connectivity index (χ3v) is 4.99. The van der Waals surface area contributed by atoms with Crippen LogP contribution < -0.4 is 5.32 Å². The van der Waals surface area contributed by atoms with Gasteiger partial charge in [0.05, 0.1) is 6.04 Å². The third kappa shape index (κ3) is 3.75. The van der Waals surface area contributed by atoms with E-state index in [0.717, 1.165) is 25.8 Å². The average Bonchev–Trinajstić information content (AvgIpc) is 2.93. The second-order valence-electron chi connectivity index (χ2n) is 5.64. The van der Waals surface area contributed by atoms with Crippen LogP contribution in [-0.4, -0.2) is 6.54 Å². The molecule has 1 atom stereocenters. The van der Waals surface area contributed by atoms with E-state index in [9.17, 15) is 0 Å². The van der Waals surface area contributed by atoms with Crippen molar-refractivity contribution in [2.24, 2.45) is 0 Å². The summed E-state index contributed by atoms with van der Waals surface area (Å²) in [4.78, 5) is 0. The van der Waals surface area contributed by atoms with Gasteiger partial charge in [0.2, 0.25) is 0 Å². The zero-order valence-electron chi connectivity index (χ0n) is 13.7. The van der Waals surface area contributed by atoms with Crippen molar-refractivity contribution in [3.05, 3.63) is 56.8 Å². The predicted octanol–water partition coefficient (Wildman–Crippen LogP) is 5.27. The van der Waals surface area contributed by atoms with Gasteiger partial charge in [-0.05, 0) is 71.3 Å². The van der Waals surface area contributed by atoms with Crippen LogP contribution in [0.1, 0.15) is 61.1 Å². The molecule has 0 bridgehead atoms. The van der Waals surface area contributed by atoms with E-state index in [1.54, 1.807) is 11.3 Å². The molecule has 114 valence electrons. The minimum atomic E-state index is 0.331. The van der Waals surface area contributed by atoms with Crippen molar-refractivity contribution in [2.45, 2.75) is 53.0 Å². The van der Waals surface area contributed by atoms with Gasteiger partial charge in [0.1, 0.15) is 0 Å². The first-order chi connectivity index (χ1) is 10.2. The minimum Gasteiger partial charge on any atom is -0.306 e. The summed E-state index contributed by atoms with van der Waals surface area (Å²) >= 11 is 1.81. The SMILES string of the molecule is CCCNC(c1cscc1C)c1cc(CC)ccc1CC. The Hall–Kier alpha value is -1.12. The lowest BCUT2D eigenvalue weighted by atomic mass is 9.91. The Bertz CT molecular complexity index is 571. The summed E-state index contributed by atoms with van der Waals surface area (Å²) < 4.78 is 0. The van der Waals surface area contributed by atoms with Crippen LogP contribution in [0.25, 0.3) is 0 Å². The molecule has 0 radical (unpaired) electrons. The summed E-state index contributed by atoms with van der Waals surface area (Å²) in [7, 11) is 0. The largest absolute Gasteiger partial charge is 0.306 e. The molecule has 1 heterocycles. The predicted molar refractivity (Wildman–Crippen MR) is 94.4 cm³/mol. The minimum absolute atomic E-state index is 0.331. The Morgan fingerprint density at radius 3 is 2.43 bits per heavy atom. The number of rotatable bonds is 7. The highest BCUT2D eigenvalue weighted by Crippen LogP contribution is 2.31. The third-order valence-electron chi connectivity index (χ3n) is 4.12. The van der Waals surface area contributed by atoms with Gasteiger partial charge in [-0.2, -0.15) is 11.3 Å². The highest BCUT2D eigenvalue weighted by molar-refractivity contribution is 7.08. The van der Waals surface area contributed by atoms with E-state index < -0.39 is 0 Å². The first-order valence-corrected chi connectivity index (χ1v) is 9.03. The molecule has 0 aliphatic rings. The van der Waals surface area contributed by atoms with Crippen molar-refractivity contribution >= 4 is 11.3 Å². The fraction of sp³-hybridized carbons (Fsp3) is 0.474. The van der Waals surface area contributed by atoms with Crippen molar-refractivity contribution in [3.8, 4) is 0 Å². The van der Waals surface area contributed by atoms with Gasteiger partial charge in [-0.3, -0.25) is 0 Å². The first kappa shape index (κ1) is 16.3. The molecule has 2 heteroatoms. The number of hydrogen-bond acceptors (Lipinski definition) is 2. The molecule has 1 nitrogen and oxygen atoms in total. The van der Waals surface area contributed by atoms with E-state index in [1.807, 2.05) is 0 Å². The summed E-state index contributed by atoms with van der Waals surface area (Å²) in [5.74, 6) is 0. The molecule has 0 saturated carbocycles. The first-order valence-electron chi connectivity index (χ1n) is 8.08. The van der Waals surface area contributed by atoms with Crippen molar-refractivity contribution < 1.29 is 0 Å². The van der Waals surface area contributed by atoms with Gasteiger partial charge >= 0.3 is 0 Å². The maximum Gasteiger partial charge on any atom is 0.0590 e. The number of thiophene rings is 1. The molecule has 2 aromatic rings. The summed E-state index contributed by atoms with van der Waals surface area (Å²) in [5, 5.41) is 8.32. The highest BCUT2D eigenvalue weighted by Gasteiger charge is 2.19. The Morgan fingerprint density at radius 1 is 1.05 bits per heavy atom. The molecule has 1 aromatic carbocycles. The monoisotopic (exact) mass is 301 g/mol. The summed E-state index contributed by atoms with van der Waals surface area (Å²) in [6, 6.07) is 7.33. The molecular weight excluding hydrogens is 274 g/mol. The van der Waals surface area contributed by atoms with Crippen LogP contribution in [0.4, 0.5) is 0 Å². The van der Waals surface area contributed by atoms with Crippen LogP contribution >= 0.6 is 11.3 Å². The van der Waals surface area contributed by atoms with Gasteiger partial charge in [-0.15, -0.1) is 0 Å². The van der Waals surface area contributed by atoms with Crippen LogP contribution in [-0.2, 0) is 12.8 Å². The normalized spacial score (nSPS) is 12.6. The fourth-order valence-corrected chi connectivity index (χ4v) is 3.67. The molecular formula is C19H27NS. The van der Waals surface area contributed by atoms with Gasteiger partial charge < -0.3 is 5.32 Å². The Labute approximate surface area is 133 Å². The lowest BCUT2D eigenvalue weighted by molar-refractivity contribution is 0.593. The lowest BCUT2D eigenvalue weighted by Crippen LogP contribution is -2.24. The van der Waals surface area contributed by atoms with E-state index in [-0.39, 0.29) is 0 Å². The molecule has 2 rings (SSSR count). The Kier molecular flexibility index (Phi) is 6.01. The maximum absolute atomic E-state index is 3.76. The second-order valence-corrected chi connectivity index (χ2v) is 6.38. The summed E-state index contributed by atoms with van der Waals surface area (Å²) in [6.45, 7) is 9.99. The van der Waals surface area contributed by atoms with Crippen LogP contribution in [0.5, 0.6) is 0 Å². The zero-order valence-corrected chi connectivity index (χ0v) is 14.5. The Balaban J connectivity index is 2.47. The van der Waals surface area contributed by atoms with Gasteiger partial charge in [-0.1, -0.05) is 39.0 Å². The molecule has 0 aliphatic carbocycles. The van der Waals surface area contributed by atoms with E-state index in [4.69, 9.17) is 0 Å². The summed E-state index contributed by atoms with van der Waals surface area (Å²) in [6.07, 6.45) is 3.35. The quantitative estimate of drug-likeness (QED) is 0.734. The van der Waals surface area contributed by atoms with Gasteiger partial charge in [-0.25, -0.2) is 0 Å². The molecule has 21 heavy (non-hydrogen) atoms. The standard InChI is InChI=1S/C19H27NS/c1-5-10-20-19(18-13-21-12-14(18)4)17-11-15(6-2)8-9-16(17)7-3/h8-9,11-13,19-20H,5-7,10H2,1-4H3. The van der Waals surface area contributed by atoms with Crippen molar-refractivity contribution in [3.63, 3.8) is 0 Å². The van der Waals surface area contributed by atoms with E-state index in [0.29, 0.717) is 6.04 Å². The molecule has 0 aliphatic heterocycles. The van der Waals surface area contributed by atoms with Crippen LogP contribution in [0.3, 0.4) is 0 Å². The molecule has 0 spiro atoms. The van der Waals surface area contributed by atoms with Crippen LogP contribution in [0.15, 0.2) is 29.0 Å². The molecule has 1 unspecified atom stereocenters. The molecule has 1 N–H and O–H groups in total. The fourth-order valence-electron chi connectivity index (χ4n) is 2.80. The average molecular weight is 301 g/mol. The topological polar surface area (TPSA) is 12.0 Å². The van der Waals surface area contributed by atoms with E-state index in [2.05, 4.69) is 62.0 Å². The van der Waals surface area contributed by atoms with Gasteiger partial charge in [0.15, 0.2) is 0 Å². The van der Waals surface area contributed by atoms with Crippen molar-refractivity contribution in [2.75, 3.05) is 6.54 Å². The van der Waals surface area contributed by atoms with Crippen LogP contribution in [0, 0.1) is 6.92 Å². The van der Waals surface area contributed by atoms with Crippen molar-refractivity contribution in [1.82, 2.24) is 5.32 Å². The van der Waals surface area contributed by atoms with Gasteiger partial charge in [0.25, 0.3) is 0 Å². The molecule has 0 fully saturated rings. The lowest BCUT2D eigenvalue weighted by Gasteiger charge is -2.23. The number of hydrogen-bond donors (Lipinski definition) is 1. The van der Waals surface area contributed by atoms with E-state index >= 15 is 0 Å². The summed E-state index contributed by atoms with van der Waals surface area (Å²) in [5.41, 5.74) is 7.20. The number of benzene rings is 1. The van der Waals surface area contributed by atoms with Gasteiger partial charge in [0, 0.05) is 0 Å².